The van der Waals surface area contributed by atoms with Gasteiger partial charge in [0.05, 0.1) is 12.6 Å². The third-order valence-corrected chi connectivity index (χ3v) is 3.12. The van der Waals surface area contributed by atoms with Crippen LogP contribution in [0.4, 0.5) is 0 Å². The van der Waals surface area contributed by atoms with Crippen LogP contribution in [0, 0.1) is 0 Å². The molecule has 0 aromatic carbocycles. The van der Waals surface area contributed by atoms with Gasteiger partial charge in [-0.25, -0.2) is 0 Å². The van der Waals surface area contributed by atoms with E-state index in [2.05, 4.69) is 25.1 Å². The molecule has 0 unspecified atom stereocenters. The Bertz CT molecular complexity index is 473. The second-order valence-corrected chi connectivity index (χ2v) is 4.32. The van der Waals surface area contributed by atoms with Crippen molar-refractivity contribution in [3.63, 3.8) is 0 Å². The fraction of sp³-hybridized carbons (Fsp3) is 0.417. The number of nitrogens with one attached hydrogen (secondary N) is 1. The molecule has 1 aliphatic rings. The van der Waals surface area contributed by atoms with Gasteiger partial charge in [0.15, 0.2) is 0 Å². The zero-order valence-corrected chi connectivity index (χ0v) is 9.58. The largest absolute Gasteiger partial charge is 0.312 e. The molecule has 5 heteroatoms. The van der Waals surface area contributed by atoms with Crippen molar-refractivity contribution in [3.05, 3.63) is 42.2 Å². The number of pyridine rings is 1. The topological polar surface area (TPSA) is 55.6 Å². The molecule has 0 spiro atoms. The molecule has 0 saturated carbocycles. The molecule has 3 heterocycles. The lowest BCUT2D eigenvalue weighted by Crippen LogP contribution is -2.18. The Labute approximate surface area is 99.9 Å². The van der Waals surface area contributed by atoms with Crippen LogP contribution in [0.15, 0.2) is 30.9 Å². The number of hydrogen-bond acceptors (Lipinski definition) is 4. The van der Waals surface area contributed by atoms with Crippen molar-refractivity contribution in [2.75, 3.05) is 6.54 Å². The predicted octanol–water partition coefficient (Wildman–Crippen LogP) is 1.15. The van der Waals surface area contributed by atoms with Crippen LogP contribution < -0.4 is 5.32 Å². The fourth-order valence-corrected chi connectivity index (χ4v) is 2.25. The van der Waals surface area contributed by atoms with Gasteiger partial charge >= 0.3 is 0 Å². The van der Waals surface area contributed by atoms with Crippen molar-refractivity contribution in [2.45, 2.75) is 25.4 Å². The molecule has 0 aliphatic carbocycles. The fourth-order valence-electron chi connectivity index (χ4n) is 2.25. The molecule has 0 radical (unpaired) electrons. The lowest BCUT2D eigenvalue weighted by molar-refractivity contribution is 0.564. The van der Waals surface area contributed by atoms with Crippen LogP contribution in [0.25, 0.3) is 0 Å². The van der Waals surface area contributed by atoms with Gasteiger partial charge in [-0.05, 0) is 37.1 Å². The van der Waals surface area contributed by atoms with Crippen LogP contribution in [0.5, 0.6) is 0 Å². The summed E-state index contributed by atoms with van der Waals surface area (Å²) < 4.78 is 2.11. The Kier molecular flexibility index (Phi) is 2.83. The lowest BCUT2D eigenvalue weighted by Gasteiger charge is -2.11. The quantitative estimate of drug-likeness (QED) is 0.857. The zero-order chi connectivity index (χ0) is 11.5. The highest BCUT2D eigenvalue weighted by Crippen LogP contribution is 2.21. The predicted molar refractivity (Wildman–Crippen MR) is 63.3 cm³/mol. The van der Waals surface area contributed by atoms with Crippen LogP contribution in [-0.4, -0.2) is 26.3 Å². The van der Waals surface area contributed by atoms with Gasteiger partial charge in [0.1, 0.15) is 12.2 Å². The maximum Gasteiger partial charge on any atom is 0.150 e. The first-order valence-corrected chi connectivity index (χ1v) is 5.93. The number of aromatic nitrogens is 4. The minimum atomic E-state index is 0.360. The zero-order valence-electron chi connectivity index (χ0n) is 9.58. The average molecular weight is 229 g/mol. The van der Waals surface area contributed by atoms with E-state index >= 15 is 0 Å². The first-order chi connectivity index (χ1) is 8.43. The third kappa shape index (κ3) is 2.19. The summed E-state index contributed by atoms with van der Waals surface area (Å²) in [6.45, 7) is 1.88. The Morgan fingerprint density at radius 3 is 3.00 bits per heavy atom. The molecular weight excluding hydrogens is 214 g/mol. The van der Waals surface area contributed by atoms with Crippen molar-refractivity contribution in [1.82, 2.24) is 25.1 Å². The van der Waals surface area contributed by atoms with E-state index in [1.54, 1.807) is 6.33 Å². The van der Waals surface area contributed by atoms with Crippen LogP contribution in [0.3, 0.4) is 0 Å². The molecule has 2 aromatic heterocycles. The molecule has 3 rings (SSSR count). The van der Waals surface area contributed by atoms with Gasteiger partial charge < -0.3 is 9.88 Å². The van der Waals surface area contributed by atoms with Crippen molar-refractivity contribution in [3.8, 4) is 0 Å². The van der Waals surface area contributed by atoms with Crippen molar-refractivity contribution < 1.29 is 0 Å². The molecule has 17 heavy (non-hydrogen) atoms. The highest BCUT2D eigenvalue weighted by molar-refractivity contribution is 5.11. The summed E-state index contributed by atoms with van der Waals surface area (Å²) in [5.74, 6) is 1.04. The van der Waals surface area contributed by atoms with E-state index in [0.717, 1.165) is 25.3 Å². The van der Waals surface area contributed by atoms with Crippen LogP contribution >= 0.6 is 0 Å². The van der Waals surface area contributed by atoms with Crippen molar-refractivity contribution >= 4 is 0 Å². The minimum Gasteiger partial charge on any atom is -0.312 e. The Morgan fingerprint density at radius 2 is 2.24 bits per heavy atom. The minimum absolute atomic E-state index is 0.360. The highest BCUT2D eigenvalue weighted by Gasteiger charge is 2.21. The molecule has 1 N–H and O–H groups in total. The van der Waals surface area contributed by atoms with Crippen molar-refractivity contribution in [2.24, 2.45) is 0 Å². The van der Waals surface area contributed by atoms with E-state index in [-0.39, 0.29) is 0 Å². The van der Waals surface area contributed by atoms with Crippen LogP contribution in [0.1, 0.15) is 30.3 Å². The van der Waals surface area contributed by atoms with Gasteiger partial charge in [-0.3, -0.25) is 4.98 Å². The monoisotopic (exact) mass is 229 g/mol. The Morgan fingerprint density at radius 1 is 1.35 bits per heavy atom. The van der Waals surface area contributed by atoms with Gasteiger partial charge in [0, 0.05) is 12.4 Å². The molecule has 1 fully saturated rings. The number of nitrogens with zero attached hydrogens (tertiary/aromatic N) is 4. The third-order valence-electron chi connectivity index (χ3n) is 3.12. The molecule has 1 atom stereocenters. The first kappa shape index (κ1) is 10.4. The maximum absolute atomic E-state index is 4.23. The van der Waals surface area contributed by atoms with Crippen LogP contribution in [0.2, 0.25) is 0 Å². The standard InChI is InChI=1S/C12H15N5/c1-2-11(14-5-1)12-16-15-9-17(12)8-10-3-6-13-7-4-10/h3-4,6-7,9,11,14H,1-2,5,8H2/t11-/m0/s1. The van der Waals surface area contributed by atoms with Gasteiger partial charge in [0.2, 0.25) is 0 Å². The molecule has 5 nitrogen and oxygen atoms in total. The van der Waals surface area contributed by atoms with Crippen LogP contribution in [-0.2, 0) is 6.54 Å². The SMILES string of the molecule is c1cc(Cn2cnnc2[C@@H]2CCCN2)ccn1. The smallest absolute Gasteiger partial charge is 0.150 e. The summed E-state index contributed by atoms with van der Waals surface area (Å²) in [5.41, 5.74) is 1.22. The van der Waals surface area contributed by atoms with E-state index in [4.69, 9.17) is 0 Å². The maximum atomic E-state index is 4.23. The summed E-state index contributed by atoms with van der Waals surface area (Å²) in [4.78, 5) is 4.02. The van der Waals surface area contributed by atoms with Gasteiger partial charge in [-0.15, -0.1) is 10.2 Å². The number of rotatable bonds is 3. The highest BCUT2D eigenvalue weighted by atomic mass is 15.3. The molecular formula is C12H15N5. The van der Waals surface area contributed by atoms with E-state index in [9.17, 15) is 0 Å². The molecule has 88 valence electrons. The average Bonchev–Trinajstić information content (AvgIpc) is 3.00. The van der Waals surface area contributed by atoms with Gasteiger partial charge in [-0.2, -0.15) is 0 Å². The Balaban J connectivity index is 1.81. The second kappa shape index (κ2) is 4.63. The first-order valence-electron chi connectivity index (χ1n) is 5.93. The van der Waals surface area contributed by atoms with Crippen molar-refractivity contribution in [1.29, 1.82) is 0 Å². The summed E-state index contributed by atoms with van der Waals surface area (Å²) in [5, 5.41) is 11.7. The number of hydrogen-bond donors (Lipinski definition) is 1. The molecule has 0 bridgehead atoms. The summed E-state index contributed by atoms with van der Waals surface area (Å²) in [6, 6.07) is 4.40. The van der Waals surface area contributed by atoms with E-state index in [1.807, 2.05) is 24.5 Å². The summed E-state index contributed by atoms with van der Waals surface area (Å²) >= 11 is 0. The molecule has 2 aromatic rings. The van der Waals surface area contributed by atoms with Gasteiger partial charge in [0.25, 0.3) is 0 Å². The normalized spacial score (nSPS) is 19.6. The lowest BCUT2D eigenvalue weighted by atomic mass is 10.2. The van der Waals surface area contributed by atoms with Gasteiger partial charge in [-0.1, -0.05) is 0 Å². The summed E-state index contributed by atoms with van der Waals surface area (Å²) in [6.07, 6.45) is 7.79. The Hall–Kier alpha value is -1.75. The summed E-state index contributed by atoms with van der Waals surface area (Å²) in [7, 11) is 0. The van der Waals surface area contributed by atoms with E-state index in [0.29, 0.717) is 6.04 Å². The second-order valence-electron chi connectivity index (χ2n) is 4.32. The molecule has 0 amide bonds. The molecule has 1 saturated heterocycles. The van der Waals surface area contributed by atoms with E-state index < -0.39 is 0 Å². The van der Waals surface area contributed by atoms with E-state index in [1.165, 1.54) is 12.0 Å². The molecule has 1 aliphatic heterocycles.